The van der Waals surface area contributed by atoms with Crippen molar-refractivity contribution < 1.29 is 23.1 Å². The van der Waals surface area contributed by atoms with Gasteiger partial charge in [0.05, 0.1) is 11.2 Å². The van der Waals surface area contributed by atoms with Gasteiger partial charge in [0.2, 0.25) is 0 Å². The van der Waals surface area contributed by atoms with E-state index >= 15 is 0 Å². The van der Waals surface area contributed by atoms with Gasteiger partial charge >= 0.3 is 6.18 Å². The number of hydrogen-bond acceptors (Lipinski definition) is 2. The lowest BCUT2D eigenvalue weighted by molar-refractivity contribution is -0.137. The number of benzene rings is 1. The zero-order chi connectivity index (χ0) is 19.9. The SMILES string of the molecule is O=C(c1ccc2ccccn12)N1CCC(O)(c2cccc(C(F)(F)F)c2)CC1. The summed E-state index contributed by atoms with van der Waals surface area (Å²) in [5, 5.41) is 10.9. The van der Waals surface area contributed by atoms with Gasteiger partial charge in [-0.1, -0.05) is 18.2 Å². The molecule has 1 saturated heterocycles. The minimum Gasteiger partial charge on any atom is -0.385 e. The third-order valence-electron chi connectivity index (χ3n) is 5.39. The van der Waals surface area contributed by atoms with Crippen LogP contribution in [0, 0.1) is 0 Å². The Morgan fingerprint density at radius 1 is 1.00 bits per heavy atom. The lowest BCUT2D eigenvalue weighted by Crippen LogP contribution is -2.45. The number of halogens is 3. The fraction of sp³-hybridized carbons (Fsp3) is 0.286. The molecule has 1 aliphatic rings. The van der Waals surface area contributed by atoms with Crippen molar-refractivity contribution in [2.24, 2.45) is 0 Å². The Kier molecular flexibility index (Phi) is 4.42. The number of carbonyl (C=O) groups is 1. The number of aliphatic hydroxyl groups is 1. The third kappa shape index (κ3) is 3.26. The first-order chi connectivity index (χ1) is 13.3. The van der Waals surface area contributed by atoms with Crippen LogP contribution in [0.25, 0.3) is 5.52 Å². The summed E-state index contributed by atoms with van der Waals surface area (Å²) in [6.07, 6.45) is -2.28. The Morgan fingerprint density at radius 3 is 2.46 bits per heavy atom. The average molecular weight is 388 g/mol. The topological polar surface area (TPSA) is 45.0 Å². The number of fused-ring (bicyclic) bond motifs is 1. The average Bonchev–Trinajstić information content (AvgIpc) is 3.12. The van der Waals surface area contributed by atoms with E-state index in [1.165, 1.54) is 12.1 Å². The summed E-state index contributed by atoms with van der Waals surface area (Å²) >= 11 is 0. The standard InChI is InChI=1S/C21H19F3N2O2/c22-21(23,24)16-5-3-4-15(14-16)20(28)9-12-25(13-10-20)19(27)18-8-7-17-6-1-2-11-26(17)18/h1-8,11,14,28H,9-10,12-13H2. The molecule has 1 aliphatic heterocycles. The Hall–Kier alpha value is -2.80. The minimum absolute atomic E-state index is 0.155. The molecule has 3 aromatic rings. The van der Waals surface area contributed by atoms with Crippen molar-refractivity contribution in [3.8, 4) is 0 Å². The van der Waals surface area contributed by atoms with Crippen molar-refractivity contribution >= 4 is 11.4 Å². The maximum absolute atomic E-state index is 13.0. The molecule has 0 atom stereocenters. The Morgan fingerprint density at radius 2 is 1.75 bits per heavy atom. The zero-order valence-corrected chi connectivity index (χ0v) is 15.0. The van der Waals surface area contributed by atoms with Crippen LogP contribution in [-0.2, 0) is 11.8 Å². The van der Waals surface area contributed by atoms with Crippen LogP contribution in [0.3, 0.4) is 0 Å². The number of carbonyl (C=O) groups excluding carboxylic acids is 1. The highest BCUT2D eigenvalue weighted by Gasteiger charge is 2.38. The minimum atomic E-state index is -4.46. The second-order valence-electron chi connectivity index (χ2n) is 7.12. The summed E-state index contributed by atoms with van der Waals surface area (Å²) in [7, 11) is 0. The molecule has 3 heterocycles. The van der Waals surface area contributed by atoms with Crippen molar-refractivity contribution in [2.75, 3.05) is 13.1 Å². The number of aromatic nitrogens is 1. The number of likely N-dealkylation sites (tertiary alicyclic amines) is 1. The molecule has 0 aliphatic carbocycles. The zero-order valence-electron chi connectivity index (χ0n) is 15.0. The van der Waals surface area contributed by atoms with Gasteiger partial charge in [-0.2, -0.15) is 13.2 Å². The third-order valence-corrected chi connectivity index (χ3v) is 5.39. The fourth-order valence-corrected chi connectivity index (χ4v) is 3.75. The van der Waals surface area contributed by atoms with E-state index in [2.05, 4.69) is 0 Å². The van der Waals surface area contributed by atoms with Crippen LogP contribution in [-0.4, -0.2) is 33.4 Å². The van der Waals surface area contributed by atoms with Crippen LogP contribution in [0.4, 0.5) is 13.2 Å². The maximum atomic E-state index is 13.0. The van der Waals surface area contributed by atoms with Crippen molar-refractivity contribution in [3.63, 3.8) is 0 Å². The highest BCUT2D eigenvalue weighted by Crippen LogP contribution is 2.37. The van der Waals surface area contributed by atoms with E-state index < -0.39 is 17.3 Å². The van der Waals surface area contributed by atoms with Crippen LogP contribution in [0.1, 0.15) is 34.5 Å². The molecule has 4 nitrogen and oxygen atoms in total. The predicted octanol–water partition coefficient (Wildman–Crippen LogP) is 4.08. The van der Waals surface area contributed by atoms with Gasteiger partial charge in [0.15, 0.2) is 0 Å². The summed E-state index contributed by atoms with van der Waals surface area (Å²) in [6, 6.07) is 14.0. The first kappa shape index (κ1) is 18.6. The molecule has 0 unspecified atom stereocenters. The molecule has 1 fully saturated rings. The van der Waals surface area contributed by atoms with Gasteiger partial charge in [-0.05, 0) is 54.8 Å². The normalized spacial score (nSPS) is 17.1. The molecule has 4 rings (SSSR count). The predicted molar refractivity (Wildman–Crippen MR) is 97.9 cm³/mol. The Bertz CT molecular complexity index is 1020. The molecule has 2 aromatic heterocycles. The van der Waals surface area contributed by atoms with E-state index in [-0.39, 0.29) is 37.4 Å². The highest BCUT2D eigenvalue weighted by atomic mass is 19.4. The molecule has 1 amide bonds. The van der Waals surface area contributed by atoms with Gasteiger partial charge in [0.1, 0.15) is 5.69 Å². The lowest BCUT2D eigenvalue weighted by atomic mass is 9.83. The number of nitrogens with zero attached hydrogens (tertiary/aromatic N) is 2. The maximum Gasteiger partial charge on any atom is 0.416 e. The summed E-state index contributed by atoms with van der Waals surface area (Å²) in [5.41, 5.74) is -0.484. The molecule has 7 heteroatoms. The molecular formula is C21H19F3N2O2. The Labute approximate surface area is 159 Å². The molecule has 1 aromatic carbocycles. The summed E-state index contributed by atoms with van der Waals surface area (Å²) in [5.74, 6) is -0.155. The van der Waals surface area contributed by atoms with Gasteiger partial charge in [0, 0.05) is 24.8 Å². The van der Waals surface area contributed by atoms with Crippen LogP contribution in [0.5, 0.6) is 0 Å². The largest absolute Gasteiger partial charge is 0.416 e. The summed E-state index contributed by atoms with van der Waals surface area (Å²) in [4.78, 5) is 14.5. The molecular weight excluding hydrogens is 369 g/mol. The molecule has 0 bridgehead atoms. The van der Waals surface area contributed by atoms with Crippen LogP contribution in [0.15, 0.2) is 60.8 Å². The van der Waals surface area contributed by atoms with E-state index in [4.69, 9.17) is 0 Å². The van der Waals surface area contributed by atoms with Crippen LogP contribution < -0.4 is 0 Å². The summed E-state index contributed by atoms with van der Waals surface area (Å²) < 4.78 is 40.7. The van der Waals surface area contributed by atoms with Gasteiger partial charge < -0.3 is 14.4 Å². The van der Waals surface area contributed by atoms with E-state index in [1.54, 1.807) is 15.4 Å². The van der Waals surface area contributed by atoms with Crippen LogP contribution >= 0.6 is 0 Å². The second-order valence-corrected chi connectivity index (χ2v) is 7.12. The van der Waals surface area contributed by atoms with Crippen molar-refractivity contribution in [1.29, 1.82) is 0 Å². The van der Waals surface area contributed by atoms with Crippen molar-refractivity contribution in [2.45, 2.75) is 24.6 Å². The molecule has 28 heavy (non-hydrogen) atoms. The molecule has 1 N–H and O–H groups in total. The molecule has 0 spiro atoms. The van der Waals surface area contributed by atoms with E-state index in [1.807, 2.05) is 30.5 Å². The number of hydrogen-bond donors (Lipinski definition) is 1. The van der Waals surface area contributed by atoms with Gasteiger partial charge in [-0.3, -0.25) is 4.79 Å². The second kappa shape index (κ2) is 6.67. The van der Waals surface area contributed by atoms with E-state index in [0.717, 1.165) is 17.6 Å². The summed E-state index contributed by atoms with van der Waals surface area (Å²) in [6.45, 7) is 0.539. The highest BCUT2D eigenvalue weighted by molar-refractivity contribution is 5.94. The number of piperidine rings is 1. The van der Waals surface area contributed by atoms with Gasteiger partial charge in [-0.25, -0.2) is 0 Å². The number of amides is 1. The van der Waals surface area contributed by atoms with Crippen molar-refractivity contribution in [3.05, 3.63) is 77.6 Å². The smallest absolute Gasteiger partial charge is 0.385 e. The van der Waals surface area contributed by atoms with E-state index in [0.29, 0.717) is 5.69 Å². The molecule has 0 radical (unpaired) electrons. The monoisotopic (exact) mass is 388 g/mol. The quantitative estimate of drug-likeness (QED) is 0.719. The fourth-order valence-electron chi connectivity index (χ4n) is 3.75. The van der Waals surface area contributed by atoms with Gasteiger partial charge in [0.25, 0.3) is 5.91 Å². The lowest BCUT2D eigenvalue weighted by Gasteiger charge is -2.38. The Balaban J connectivity index is 1.52. The van der Waals surface area contributed by atoms with Gasteiger partial charge in [-0.15, -0.1) is 0 Å². The van der Waals surface area contributed by atoms with Crippen molar-refractivity contribution in [1.82, 2.24) is 9.30 Å². The van der Waals surface area contributed by atoms with Crippen LogP contribution in [0.2, 0.25) is 0 Å². The number of alkyl halides is 3. The molecule has 0 saturated carbocycles. The number of rotatable bonds is 2. The number of pyridine rings is 1. The first-order valence-corrected chi connectivity index (χ1v) is 9.03. The first-order valence-electron chi connectivity index (χ1n) is 9.03. The molecule has 146 valence electrons. The van der Waals surface area contributed by atoms with E-state index in [9.17, 15) is 23.1 Å².